The van der Waals surface area contributed by atoms with Crippen molar-refractivity contribution in [1.82, 2.24) is 0 Å². The van der Waals surface area contributed by atoms with Gasteiger partial charge in [0.15, 0.2) is 0 Å². The SMILES string of the molecule is CC(C)(C)[Si](O[C@@H]1C[C@@H]2OC(=O)C[C@@H]2[C@H]1C=CC(O)CCc1ccccc1)(c1ccccc1)c1ccccc1. The van der Waals surface area contributed by atoms with Gasteiger partial charge in [-0.25, -0.2) is 0 Å². The van der Waals surface area contributed by atoms with E-state index in [-0.39, 0.29) is 35.1 Å². The first-order valence-corrected chi connectivity index (χ1v) is 16.1. The molecule has 1 saturated heterocycles. The lowest BCUT2D eigenvalue weighted by Gasteiger charge is -2.45. The van der Waals surface area contributed by atoms with Crippen LogP contribution in [0.2, 0.25) is 5.04 Å². The van der Waals surface area contributed by atoms with E-state index in [2.05, 4.69) is 99.6 Å². The van der Waals surface area contributed by atoms with Crippen LogP contribution in [0.1, 0.15) is 45.6 Å². The molecule has 3 aromatic rings. The van der Waals surface area contributed by atoms with Crippen molar-refractivity contribution in [2.75, 3.05) is 0 Å². The first kappa shape index (κ1) is 27.6. The van der Waals surface area contributed by atoms with Crippen molar-refractivity contribution in [2.24, 2.45) is 11.8 Å². The van der Waals surface area contributed by atoms with Crippen LogP contribution >= 0.6 is 0 Å². The van der Waals surface area contributed by atoms with Crippen molar-refractivity contribution in [3.8, 4) is 0 Å². The van der Waals surface area contributed by atoms with Crippen LogP contribution in [0.25, 0.3) is 0 Å². The van der Waals surface area contributed by atoms with Gasteiger partial charge in [-0.15, -0.1) is 0 Å². The van der Waals surface area contributed by atoms with Crippen molar-refractivity contribution in [2.45, 2.75) is 69.8 Å². The Bertz CT molecular complexity index is 1210. The zero-order chi connectivity index (χ0) is 27.5. The molecule has 204 valence electrons. The van der Waals surface area contributed by atoms with Gasteiger partial charge in [-0.2, -0.15) is 0 Å². The maximum atomic E-state index is 12.3. The van der Waals surface area contributed by atoms with Gasteiger partial charge in [0.25, 0.3) is 8.32 Å². The molecule has 5 heteroatoms. The zero-order valence-corrected chi connectivity index (χ0v) is 24.2. The molecule has 0 bridgehead atoms. The van der Waals surface area contributed by atoms with E-state index in [1.807, 2.05) is 24.3 Å². The Morgan fingerprint density at radius 3 is 2.08 bits per heavy atom. The molecule has 1 heterocycles. The third-order valence-corrected chi connectivity index (χ3v) is 13.5. The van der Waals surface area contributed by atoms with Crippen molar-refractivity contribution in [3.05, 3.63) is 109 Å². The minimum absolute atomic E-state index is 0.00512. The highest BCUT2D eigenvalue weighted by Crippen LogP contribution is 2.47. The molecular formula is C34H40O4Si. The molecule has 4 nitrogen and oxygen atoms in total. The summed E-state index contributed by atoms with van der Waals surface area (Å²) in [7, 11) is -2.77. The topological polar surface area (TPSA) is 55.8 Å². The number of aliphatic hydroxyl groups excluding tert-OH is 1. The summed E-state index contributed by atoms with van der Waals surface area (Å²) in [6, 6.07) is 31.6. The van der Waals surface area contributed by atoms with Crippen LogP contribution < -0.4 is 10.4 Å². The minimum Gasteiger partial charge on any atom is -0.462 e. The molecule has 3 aromatic carbocycles. The lowest BCUT2D eigenvalue weighted by molar-refractivity contribution is -0.141. The Morgan fingerprint density at radius 2 is 1.51 bits per heavy atom. The number of esters is 1. The maximum absolute atomic E-state index is 12.3. The van der Waals surface area contributed by atoms with E-state index < -0.39 is 14.4 Å². The van der Waals surface area contributed by atoms with E-state index >= 15 is 0 Å². The third kappa shape index (κ3) is 5.81. The maximum Gasteiger partial charge on any atom is 0.306 e. The molecule has 0 aromatic heterocycles. The summed E-state index contributed by atoms with van der Waals surface area (Å²) in [6.07, 6.45) is 5.76. The number of hydrogen-bond donors (Lipinski definition) is 1. The monoisotopic (exact) mass is 540 g/mol. The van der Waals surface area contributed by atoms with E-state index in [1.54, 1.807) is 0 Å². The Labute approximate surface area is 233 Å². The van der Waals surface area contributed by atoms with Crippen LogP contribution in [-0.2, 0) is 20.4 Å². The van der Waals surface area contributed by atoms with Gasteiger partial charge in [-0.05, 0) is 33.8 Å². The summed E-state index contributed by atoms with van der Waals surface area (Å²) >= 11 is 0. The number of fused-ring (bicyclic) bond motifs is 1. The predicted octanol–water partition coefficient (Wildman–Crippen LogP) is 5.43. The van der Waals surface area contributed by atoms with Crippen molar-refractivity contribution in [1.29, 1.82) is 0 Å². The summed E-state index contributed by atoms with van der Waals surface area (Å²) in [4.78, 5) is 12.3. The number of rotatable bonds is 9. The highest BCUT2D eigenvalue weighted by molar-refractivity contribution is 6.99. The van der Waals surface area contributed by atoms with E-state index in [1.165, 1.54) is 15.9 Å². The molecule has 0 radical (unpaired) electrons. The average molecular weight is 541 g/mol. The lowest BCUT2D eigenvalue weighted by Crippen LogP contribution is -2.68. The predicted molar refractivity (Wildman–Crippen MR) is 158 cm³/mol. The molecule has 1 unspecified atom stereocenters. The van der Waals surface area contributed by atoms with Crippen LogP contribution in [0.3, 0.4) is 0 Å². The first-order valence-electron chi connectivity index (χ1n) is 14.2. The Hall–Kier alpha value is -2.99. The molecule has 1 N–H and O–H groups in total. The van der Waals surface area contributed by atoms with E-state index in [0.29, 0.717) is 19.3 Å². The number of carbonyl (C=O) groups is 1. The largest absolute Gasteiger partial charge is 0.462 e. The second kappa shape index (κ2) is 11.6. The van der Waals surface area contributed by atoms with E-state index in [9.17, 15) is 9.90 Å². The molecule has 5 atom stereocenters. The van der Waals surface area contributed by atoms with Gasteiger partial charge in [0.1, 0.15) is 6.10 Å². The smallest absolute Gasteiger partial charge is 0.306 e. The molecule has 0 amide bonds. The van der Waals surface area contributed by atoms with Crippen LogP contribution in [0.4, 0.5) is 0 Å². The number of carbonyl (C=O) groups excluding carboxylic acids is 1. The standard InChI is InChI=1S/C34H40O4Si/c1-34(2,3)39(27-15-9-5-10-16-27,28-17-11-6-12-18-28)38-32-24-31-30(23-33(36)37-31)29(32)22-21-26(35)20-19-25-13-7-4-8-14-25/h4-18,21-22,26,29-32,35H,19-20,23-24H2,1-3H3/t26?,29-,30-,31+,32-/m1/s1. The average Bonchev–Trinajstić information content (AvgIpc) is 3.45. The number of aliphatic hydroxyl groups is 1. The van der Waals surface area contributed by atoms with Crippen LogP contribution in [-0.4, -0.2) is 37.7 Å². The molecule has 2 fully saturated rings. The molecule has 5 rings (SSSR count). The van der Waals surface area contributed by atoms with Crippen LogP contribution in [0.5, 0.6) is 0 Å². The van der Waals surface area contributed by atoms with Gasteiger partial charge in [0.2, 0.25) is 0 Å². The summed E-state index contributed by atoms with van der Waals surface area (Å²) in [5, 5.41) is 13.2. The molecule has 1 aliphatic heterocycles. The van der Waals surface area contributed by atoms with Gasteiger partial charge in [-0.3, -0.25) is 4.79 Å². The normalized spacial score (nSPS) is 24.1. The van der Waals surface area contributed by atoms with E-state index in [0.717, 1.165) is 6.42 Å². The summed E-state index contributed by atoms with van der Waals surface area (Å²) in [5.74, 6) is -0.0651. The molecule has 0 spiro atoms. The highest BCUT2D eigenvalue weighted by atomic mass is 28.4. The third-order valence-electron chi connectivity index (χ3n) is 8.42. The summed E-state index contributed by atoms with van der Waals surface area (Å²) in [6.45, 7) is 6.85. The fourth-order valence-corrected chi connectivity index (χ4v) is 11.2. The number of hydrogen-bond acceptors (Lipinski definition) is 4. The van der Waals surface area contributed by atoms with Crippen molar-refractivity contribution in [3.63, 3.8) is 0 Å². The fraction of sp³-hybridized carbons (Fsp3) is 0.382. The lowest BCUT2D eigenvalue weighted by atomic mass is 9.91. The van der Waals surface area contributed by atoms with Crippen LogP contribution in [0.15, 0.2) is 103 Å². The number of aryl methyl sites for hydroxylation is 1. The second-order valence-electron chi connectivity index (χ2n) is 12.0. The fourth-order valence-electron chi connectivity index (χ4n) is 6.52. The quantitative estimate of drug-likeness (QED) is 0.223. The highest BCUT2D eigenvalue weighted by Gasteiger charge is 2.56. The van der Waals surface area contributed by atoms with Gasteiger partial charge >= 0.3 is 5.97 Å². The van der Waals surface area contributed by atoms with Gasteiger partial charge in [0, 0.05) is 18.3 Å². The molecule has 1 saturated carbocycles. The van der Waals surface area contributed by atoms with E-state index in [4.69, 9.17) is 9.16 Å². The van der Waals surface area contributed by atoms with Crippen molar-refractivity contribution < 1.29 is 19.1 Å². The zero-order valence-electron chi connectivity index (χ0n) is 23.2. The number of benzene rings is 3. The second-order valence-corrected chi connectivity index (χ2v) is 16.3. The van der Waals surface area contributed by atoms with Crippen LogP contribution in [0, 0.1) is 11.8 Å². The molecular weight excluding hydrogens is 500 g/mol. The number of ether oxygens (including phenoxy) is 1. The summed E-state index contributed by atoms with van der Waals surface area (Å²) in [5.41, 5.74) is 1.22. The van der Waals surface area contributed by atoms with Gasteiger partial charge in [-0.1, -0.05) is 124 Å². The first-order chi connectivity index (χ1) is 18.8. The minimum atomic E-state index is -2.77. The Morgan fingerprint density at radius 1 is 0.949 bits per heavy atom. The van der Waals surface area contributed by atoms with Gasteiger partial charge in [0.05, 0.1) is 18.6 Å². The molecule has 2 aliphatic rings. The Kier molecular flexibility index (Phi) is 8.22. The Balaban J connectivity index is 1.46. The summed E-state index contributed by atoms with van der Waals surface area (Å²) < 4.78 is 13.3. The van der Waals surface area contributed by atoms with Gasteiger partial charge < -0.3 is 14.3 Å². The molecule has 39 heavy (non-hydrogen) atoms. The van der Waals surface area contributed by atoms with Crippen molar-refractivity contribution >= 4 is 24.7 Å². The molecule has 1 aliphatic carbocycles.